The molecule has 0 spiro atoms. The Hall–Kier alpha value is -2.81. The smallest absolute Gasteiger partial charge is 0.335 e. The van der Waals surface area contributed by atoms with Crippen LogP contribution in [0.5, 0.6) is 11.5 Å². The predicted molar refractivity (Wildman–Crippen MR) is 106 cm³/mol. The molecular formula is C23H24O3. The van der Waals surface area contributed by atoms with Crippen molar-refractivity contribution in [1.29, 1.82) is 0 Å². The van der Waals surface area contributed by atoms with Gasteiger partial charge in [0.1, 0.15) is 11.5 Å². The van der Waals surface area contributed by atoms with Gasteiger partial charge in [0.2, 0.25) is 0 Å². The highest BCUT2D eigenvalue weighted by atomic mass is 16.5. The molecule has 26 heavy (non-hydrogen) atoms. The standard InChI is InChI=1S/C23H24O3/c1-4-21(24)26-23-19-11-6-5-10-17(19)22(25)18-13-12-16(14-20(18)23)9-7-8-15(2)3/h4-6,8,10-12,25H,1,7,9,13-14H2,2-3H3. The van der Waals surface area contributed by atoms with E-state index in [2.05, 4.69) is 32.6 Å². The summed E-state index contributed by atoms with van der Waals surface area (Å²) in [5.41, 5.74) is 4.37. The Morgan fingerprint density at radius 1 is 1.23 bits per heavy atom. The molecule has 0 saturated heterocycles. The van der Waals surface area contributed by atoms with Gasteiger partial charge in [-0.15, -0.1) is 0 Å². The Morgan fingerprint density at radius 2 is 1.96 bits per heavy atom. The number of rotatable bonds is 5. The third kappa shape index (κ3) is 3.57. The maximum Gasteiger partial charge on any atom is 0.335 e. The number of phenols is 1. The zero-order valence-electron chi connectivity index (χ0n) is 15.3. The van der Waals surface area contributed by atoms with E-state index in [-0.39, 0.29) is 5.75 Å². The summed E-state index contributed by atoms with van der Waals surface area (Å²) in [5, 5.41) is 12.2. The number of hydrogen-bond donors (Lipinski definition) is 1. The molecule has 0 atom stereocenters. The maximum atomic E-state index is 11.9. The largest absolute Gasteiger partial charge is 0.507 e. The molecule has 0 bridgehead atoms. The van der Waals surface area contributed by atoms with Crippen LogP contribution in [0.1, 0.15) is 37.8 Å². The first-order valence-corrected chi connectivity index (χ1v) is 8.92. The number of esters is 1. The predicted octanol–water partition coefficient (Wildman–Crippen LogP) is 5.41. The van der Waals surface area contributed by atoms with Crippen molar-refractivity contribution in [2.75, 3.05) is 0 Å². The van der Waals surface area contributed by atoms with Gasteiger partial charge in [-0.3, -0.25) is 0 Å². The zero-order chi connectivity index (χ0) is 18.7. The van der Waals surface area contributed by atoms with Crippen LogP contribution in [0.25, 0.3) is 10.8 Å². The highest BCUT2D eigenvalue weighted by Gasteiger charge is 2.24. The Morgan fingerprint density at radius 3 is 2.65 bits per heavy atom. The van der Waals surface area contributed by atoms with Crippen molar-refractivity contribution in [3.8, 4) is 11.5 Å². The minimum Gasteiger partial charge on any atom is -0.507 e. The first kappa shape index (κ1) is 18.0. The third-order valence-corrected chi connectivity index (χ3v) is 4.74. The highest BCUT2D eigenvalue weighted by molar-refractivity contribution is 5.98. The van der Waals surface area contributed by atoms with E-state index in [1.165, 1.54) is 17.2 Å². The van der Waals surface area contributed by atoms with Crippen LogP contribution in [-0.4, -0.2) is 11.1 Å². The first-order valence-electron chi connectivity index (χ1n) is 8.92. The van der Waals surface area contributed by atoms with Crippen LogP contribution >= 0.6 is 0 Å². The number of carbonyl (C=O) groups excluding carboxylic acids is 1. The molecule has 0 saturated carbocycles. The summed E-state index contributed by atoms with van der Waals surface area (Å²) in [6, 6.07) is 7.48. The van der Waals surface area contributed by atoms with Gasteiger partial charge in [0, 0.05) is 28.0 Å². The first-order chi connectivity index (χ1) is 12.5. The second-order valence-electron chi connectivity index (χ2n) is 6.87. The van der Waals surface area contributed by atoms with Crippen LogP contribution < -0.4 is 4.74 Å². The Labute approximate surface area is 154 Å². The summed E-state index contributed by atoms with van der Waals surface area (Å²) in [6.07, 6.45) is 8.88. The number of ether oxygens (including phenoxy) is 1. The summed E-state index contributed by atoms with van der Waals surface area (Å²) in [4.78, 5) is 11.9. The van der Waals surface area contributed by atoms with Crippen LogP contribution in [0, 0.1) is 0 Å². The van der Waals surface area contributed by atoms with Gasteiger partial charge in [-0.1, -0.05) is 54.1 Å². The molecular weight excluding hydrogens is 324 g/mol. The quantitative estimate of drug-likeness (QED) is 0.340. The van der Waals surface area contributed by atoms with Crippen LogP contribution in [0.3, 0.4) is 0 Å². The van der Waals surface area contributed by atoms with E-state index in [1.807, 2.05) is 24.3 Å². The molecule has 0 radical (unpaired) electrons. The molecule has 1 aliphatic carbocycles. The molecule has 134 valence electrons. The van der Waals surface area contributed by atoms with Crippen molar-refractivity contribution in [2.45, 2.75) is 39.5 Å². The molecule has 0 aliphatic heterocycles. The van der Waals surface area contributed by atoms with Crippen LogP contribution in [0.2, 0.25) is 0 Å². The molecule has 3 rings (SSSR count). The number of allylic oxidation sites excluding steroid dienone is 4. The molecule has 2 aromatic carbocycles. The lowest BCUT2D eigenvalue weighted by molar-refractivity contribution is -0.128. The number of aromatic hydroxyl groups is 1. The average molecular weight is 348 g/mol. The number of fused-ring (bicyclic) bond motifs is 2. The monoisotopic (exact) mass is 348 g/mol. The topological polar surface area (TPSA) is 46.5 Å². The van der Waals surface area contributed by atoms with Gasteiger partial charge in [-0.25, -0.2) is 4.79 Å². The van der Waals surface area contributed by atoms with E-state index in [0.717, 1.165) is 29.4 Å². The second-order valence-corrected chi connectivity index (χ2v) is 6.87. The van der Waals surface area contributed by atoms with E-state index in [1.54, 1.807) is 0 Å². The summed E-state index contributed by atoms with van der Waals surface area (Å²) in [5.74, 6) is 0.350. The van der Waals surface area contributed by atoms with Gasteiger partial charge in [-0.05, 0) is 39.5 Å². The van der Waals surface area contributed by atoms with Crippen molar-refractivity contribution in [3.63, 3.8) is 0 Å². The van der Waals surface area contributed by atoms with Gasteiger partial charge in [0.05, 0.1) is 0 Å². The van der Waals surface area contributed by atoms with E-state index in [9.17, 15) is 9.90 Å². The SMILES string of the molecule is C=CC(=O)Oc1c2c(c(O)c3ccccc13)CC=C(CCC=C(C)C)C2. The van der Waals surface area contributed by atoms with Gasteiger partial charge in [0.15, 0.2) is 0 Å². The van der Waals surface area contributed by atoms with Crippen molar-refractivity contribution >= 4 is 16.7 Å². The lowest BCUT2D eigenvalue weighted by Gasteiger charge is -2.23. The van der Waals surface area contributed by atoms with Crippen molar-refractivity contribution in [2.24, 2.45) is 0 Å². The molecule has 1 aliphatic rings. The van der Waals surface area contributed by atoms with E-state index in [0.29, 0.717) is 24.0 Å². The highest BCUT2D eigenvalue weighted by Crippen LogP contribution is 2.43. The Kier molecular flexibility index (Phi) is 5.27. The molecule has 0 aromatic heterocycles. The number of benzene rings is 2. The summed E-state index contributed by atoms with van der Waals surface area (Å²) in [6.45, 7) is 7.69. The van der Waals surface area contributed by atoms with Gasteiger partial charge in [-0.2, -0.15) is 0 Å². The molecule has 2 aromatic rings. The Balaban J connectivity index is 2.05. The molecule has 0 fully saturated rings. The maximum absolute atomic E-state index is 11.9. The minimum absolute atomic E-state index is 0.286. The van der Waals surface area contributed by atoms with Gasteiger partial charge in [0.25, 0.3) is 0 Å². The fraction of sp³-hybridized carbons (Fsp3) is 0.261. The van der Waals surface area contributed by atoms with Gasteiger partial charge >= 0.3 is 5.97 Å². The fourth-order valence-electron chi connectivity index (χ4n) is 3.44. The molecule has 3 heteroatoms. The lowest BCUT2D eigenvalue weighted by Crippen LogP contribution is -2.11. The number of hydrogen-bond acceptors (Lipinski definition) is 3. The molecule has 1 N–H and O–H groups in total. The van der Waals surface area contributed by atoms with E-state index >= 15 is 0 Å². The van der Waals surface area contributed by atoms with Crippen LogP contribution in [0.15, 0.2) is 60.2 Å². The summed E-state index contributed by atoms with van der Waals surface area (Å²) >= 11 is 0. The second kappa shape index (κ2) is 7.61. The molecule has 3 nitrogen and oxygen atoms in total. The summed E-state index contributed by atoms with van der Waals surface area (Å²) in [7, 11) is 0. The van der Waals surface area contributed by atoms with Crippen molar-refractivity contribution in [3.05, 3.63) is 71.3 Å². The average Bonchev–Trinajstić information content (AvgIpc) is 2.64. The van der Waals surface area contributed by atoms with Crippen molar-refractivity contribution in [1.82, 2.24) is 0 Å². The van der Waals surface area contributed by atoms with E-state index in [4.69, 9.17) is 4.74 Å². The van der Waals surface area contributed by atoms with Crippen molar-refractivity contribution < 1.29 is 14.6 Å². The van der Waals surface area contributed by atoms with E-state index < -0.39 is 5.97 Å². The fourth-order valence-corrected chi connectivity index (χ4v) is 3.44. The normalized spacial score (nSPS) is 12.9. The lowest BCUT2D eigenvalue weighted by atomic mass is 9.85. The van der Waals surface area contributed by atoms with Crippen LogP contribution in [-0.2, 0) is 17.6 Å². The number of phenolic OH excluding ortho intramolecular Hbond substituents is 1. The van der Waals surface area contributed by atoms with Crippen LogP contribution in [0.4, 0.5) is 0 Å². The summed E-state index contributed by atoms with van der Waals surface area (Å²) < 4.78 is 5.61. The molecule has 0 heterocycles. The molecule has 0 unspecified atom stereocenters. The minimum atomic E-state index is -0.483. The van der Waals surface area contributed by atoms with Gasteiger partial charge < -0.3 is 9.84 Å². The third-order valence-electron chi connectivity index (χ3n) is 4.74. The zero-order valence-corrected chi connectivity index (χ0v) is 15.3. The Bertz CT molecular complexity index is 928. The number of carbonyl (C=O) groups is 1. The molecule has 0 amide bonds.